The minimum absolute atomic E-state index is 0.0965. The zero-order chi connectivity index (χ0) is 21.9. The summed E-state index contributed by atoms with van der Waals surface area (Å²) in [6.45, 7) is 4.50. The van der Waals surface area contributed by atoms with Crippen LogP contribution in [0, 0.1) is 23.2 Å². The van der Waals surface area contributed by atoms with Crippen LogP contribution in [0.4, 0.5) is 0 Å². The van der Waals surface area contributed by atoms with E-state index in [9.17, 15) is 13.2 Å². The van der Waals surface area contributed by atoms with E-state index in [-0.39, 0.29) is 28.7 Å². The predicted molar refractivity (Wildman–Crippen MR) is 116 cm³/mol. The van der Waals surface area contributed by atoms with Gasteiger partial charge in [-0.15, -0.1) is 0 Å². The van der Waals surface area contributed by atoms with Gasteiger partial charge in [-0.2, -0.15) is 0 Å². The summed E-state index contributed by atoms with van der Waals surface area (Å²) in [5.74, 6) is 1.07. The molecule has 0 radical (unpaired) electrons. The fourth-order valence-electron chi connectivity index (χ4n) is 5.09. The number of hydrogen-bond acceptors (Lipinski definition) is 4. The quantitative estimate of drug-likeness (QED) is 0.424. The third-order valence-electron chi connectivity index (χ3n) is 7.10. The Balaban J connectivity index is 1.69. The van der Waals surface area contributed by atoms with Crippen molar-refractivity contribution in [2.75, 3.05) is 7.11 Å². The van der Waals surface area contributed by atoms with Gasteiger partial charge < -0.3 is 9.84 Å². The Morgan fingerprint density at radius 1 is 1.23 bits per heavy atom. The Bertz CT molecular complexity index is 875. The number of unbranched alkanes of at least 4 members (excludes halogenated alkanes) is 1. The SMILES string of the molecule is COc1ccc(S(=O)(=O)NC2C(CC=CCCCC(=O)O)CC3CC2C3(C)C)cc1. The van der Waals surface area contributed by atoms with Crippen molar-refractivity contribution < 1.29 is 23.1 Å². The molecule has 0 heterocycles. The van der Waals surface area contributed by atoms with E-state index >= 15 is 0 Å². The molecule has 0 amide bonds. The number of allylic oxidation sites excluding steroid dienone is 2. The highest BCUT2D eigenvalue weighted by atomic mass is 32.2. The van der Waals surface area contributed by atoms with Gasteiger partial charge in [0.1, 0.15) is 5.75 Å². The van der Waals surface area contributed by atoms with E-state index in [0.29, 0.717) is 24.0 Å². The minimum Gasteiger partial charge on any atom is -0.497 e. The number of aliphatic carboxylic acids is 1. The van der Waals surface area contributed by atoms with Crippen LogP contribution in [0.5, 0.6) is 5.75 Å². The maximum atomic E-state index is 13.1. The van der Waals surface area contributed by atoms with Crippen molar-refractivity contribution >= 4 is 16.0 Å². The van der Waals surface area contributed by atoms with Gasteiger partial charge in [0.25, 0.3) is 0 Å². The van der Waals surface area contributed by atoms with Crippen molar-refractivity contribution in [1.29, 1.82) is 0 Å². The molecule has 2 N–H and O–H groups in total. The second-order valence-corrected chi connectivity index (χ2v) is 10.9. The van der Waals surface area contributed by atoms with Gasteiger partial charge in [0.15, 0.2) is 0 Å². The molecule has 3 saturated carbocycles. The number of hydrogen-bond donors (Lipinski definition) is 2. The summed E-state index contributed by atoms with van der Waals surface area (Å²) in [5, 5.41) is 8.73. The molecule has 3 aliphatic carbocycles. The molecule has 3 fully saturated rings. The molecule has 4 atom stereocenters. The summed E-state index contributed by atoms with van der Waals surface area (Å²) in [5.41, 5.74) is 0.148. The van der Waals surface area contributed by atoms with Gasteiger partial charge in [-0.25, -0.2) is 13.1 Å². The molecule has 0 aromatic heterocycles. The van der Waals surface area contributed by atoms with E-state index in [1.807, 2.05) is 6.08 Å². The third kappa shape index (κ3) is 4.89. The molecule has 30 heavy (non-hydrogen) atoms. The first-order chi connectivity index (χ1) is 14.1. The lowest BCUT2D eigenvalue weighted by Crippen LogP contribution is -2.63. The monoisotopic (exact) mass is 435 g/mol. The van der Waals surface area contributed by atoms with Gasteiger partial charge in [0.2, 0.25) is 10.0 Å². The summed E-state index contributed by atoms with van der Waals surface area (Å²) in [6.07, 6.45) is 8.56. The van der Waals surface area contributed by atoms with Gasteiger partial charge in [-0.1, -0.05) is 26.0 Å². The van der Waals surface area contributed by atoms with Crippen LogP contribution in [0.3, 0.4) is 0 Å². The molecule has 4 unspecified atom stereocenters. The van der Waals surface area contributed by atoms with E-state index < -0.39 is 16.0 Å². The zero-order valence-electron chi connectivity index (χ0n) is 18.0. The van der Waals surface area contributed by atoms with Crippen LogP contribution in [0.1, 0.15) is 52.4 Å². The van der Waals surface area contributed by atoms with E-state index in [1.165, 1.54) is 0 Å². The Hall–Kier alpha value is -1.86. The number of ether oxygens (including phenoxy) is 1. The predicted octanol–water partition coefficient (Wildman–Crippen LogP) is 4.23. The standard InChI is InChI=1S/C23H33NO5S/c1-23(2)17-14-16(8-6-4-5-7-9-21(25)26)22(20(23)15-17)24-30(27,28)19-12-10-18(29-3)11-13-19/h4,6,10-13,16-17,20,22,24H,5,7-9,14-15H2,1-3H3,(H,25,26). The van der Waals surface area contributed by atoms with Crippen LogP contribution in [-0.4, -0.2) is 32.6 Å². The molecule has 1 aromatic rings. The first-order valence-electron chi connectivity index (χ1n) is 10.7. The molecule has 1 aromatic carbocycles. The first-order valence-corrected chi connectivity index (χ1v) is 12.2. The maximum Gasteiger partial charge on any atom is 0.303 e. The van der Waals surface area contributed by atoms with Gasteiger partial charge in [-0.05, 0) is 79.5 Å². The number of benzene rings is 1. The minimum atomic E-state index is -3.62. The van der Waals surface area contributed by atoms with Crippen molar-refractivity contribution in [1.82, 2.24) is 4.72 Å². The lowest BCUT2D eigenvalue weighted by atomic mass is 9.45. The second kappa shape index (κ2) is 9.10. The second-order valence-electron chi connectivity index (χ2n) is 9.17. The van der Waals surface area contributed by atoms with Crippen LogP contribution in [0.2, 0.25) is 0 Å². The maximum absolute atomic E-state index is 13.1. The van der Waals surface area contributed by atoms with Gasteiger partial charge in [0.05, 0.1) is 12.0 Å². The average molecular weight is 436 g/mol. The van der Waals surface area contributed by atoms with Crippen molar-refractivity contribution in [3.8, 4) is 5.75 Å². The normalized spacial score (nSPS) is 27.6. The Kier molecular flexibility index (Phi) is 6.92. The molecule has 0 aliphatic heterocycles. The number of fused-ring (bicyclic) bond motifs is 2. The summed E-state index contributed by atoms with van der Waals surface area (Å²) < 4.78 is 34.3. The molecule has 7 heteroatoms. The summed E-state index contributed by atoms with van der Waals surface area (Å²) >= 11 is 0. The van der Waals surface area contributed by atoms with Gasteiger partial charge >= 0.3 is 5.97 Å². The highest BCUT2D eigenvalue weighted by Gasteiger charge is 2.58. The summed E-state index contributed by atoms with van der Waals surface area (Å²) in [4.78, 5) is 10.9. The molecular weight excluding hydrogens is 402 g/mol. The number of carbonyl (C=O) groups is 1. The molecule has 0 spiro atoms. The van der Waals surface area contributed by atoms with Crippen molar-refractivity contribution in [2.24, 2.45) is 23.2 Å². The lowest BCUT2D eigenvalue weighted by molar-refractivity contribution is -0.137. The molecular formula is C23H33NO5S. The van der Waals surface area contributed by atoms with Crippen LogP contribution >= 0.6 is 0 Å². The van der Waals surface area contributed by atoms with Crippen molar-refractivity contribution in [2.45, 2.75) is 63.3 Å². The van der Waals surface area contributed by atoms with Gasteiger partial charge in [-0.3, -0.25) is 4.79 Å². The molecule has 166 valence electrons. The van der Waals surface area contributed by atoms with Crippen LogP contribution in [0.25, 0.3) is 0 Å². The van der Waals surface area contributed by atoms with Crippen LogP contribution in [-0.2, 0) is 14.8 Å². The molecule has 6 nitrogen and oxygen atoms in total. The average Bonchev–Trinajstić information content (AvgIpc) is 2.70. The molecule has 0 saturated heterocycles. The van der Waals surface area contributed by atoms with Gasteiger partial charge in [0, 0.05) is 12.5 Å². The highest BCUT2D eigenvalue weighted by molar-refractivity contribution is 7.89. The lowest BCUT2D eigenvalue weighted by Gasteiger charge is -2.62. The van der Waals surface area contributed by atoms with Crippen LogP contribution < -0.4 is 9.46 Å². The first kappa shape index (κ1) is 22.8. The molecule has 3 aliphatic rings. The zero-order valence-corrected chi connectivity index (χ0v) is 18.8. The molecule has 2 bridgehead atoms. The topological polar surface area (TPSA) is 92.7 Å². The smallest absolute Gasteiger partial charge is 0.303 e. The Morgan fingerprint density at radius 3 is 2.53 bits per heavy atom. The van der Waals surface area contributed by atoms with Crippen molar-refractivity contribution in [3.05, 3.63) is 36.4 Å². The van der Waals surface area contributed by atoms with E-state index in [1.54, 1.807) is 31.4 Å². The number of sulfonamides is 1. The Morgan fingerprint density at radius 2 is 1.93 bits per heavy atom. The molecule has 4 rings (SSSR count). The van der Waals surface area contributed by atoms with E-state index in [0.717, 1.165) is 25.7 Å². The van der Waals surface area contributed by atoms with E-state index in [4.69, 9.17) is 9.84 Å². The Labute approximate surface area is 179 Å². The fraction of sp³-hybridized carbons (Fsp3) is 0.609. The fourth-order valence-corrected chi connectivity index (χ4v) is 6.43. The van der Waals surface area contributed by atoms with E-state index in [2.05, 4.69) is 24.6 Å². The summed E-state index contributed by atoms with van der Waals surface area (Å²) in [7, 11) is -2.07. The highest BCUT2D eigenvalue weighted by Crippen LogP contribution is 2.61. The summed E-state index contributed by atoms with van der Waals surface area (Å²) in [6, 6.07) is 6.39. The third-order valence-corrected chi connectivity index (χ3v) is 8.58. The number of rotatable bonds is 10. The largest absolute Gasteiger partial charge is 0.497 e. The number of carboxylic acid groups (broad SMARTS) is 1. The van der Waals surface area contributed by atoms with Crippen LogP contribution in [0.15, 0.2) is 41.3 Å². The van der Waals surface area contributed by atoms with Crippen molar-refractivity contribution in [3.63, 3.8) is 0 Å². The number of nitrogens with one attached hydrogen (secondary N) is 1. The number of carboxylic acids is 1. The number of methoxy groups -OCH3 is 1.